The van der Waals surface area contributed by atoms with Crippen LogP contribution >= 0.6 is 0 Å². The molecule has 0 saturated heterocycles. The maximum Gasteiger partial charge on any atom is 0.332 e. The van der Waals surface area contributed by atoms with Crippen LogP contribution < -0.4 is 17.0 Å². The van der Waals surface area contributed by atoms with Crippen LogP contribution in [-0.4, -0.2) is 37.7 Å². The predicted molar refractivity (Wildman–Crippen MR) is 69.0 cm³/mol. The zero-order valence-corrected chi connectivity index (χ0v) is 10.2. The predicted octanol–water partition coefficient (Wildman–Crippen LogP) is -1.34. The first-order chi connectivity index (χ1) is 8.93. The highest BCUT2D eigenvalue weighted by molar-refractivity contribution is 6.56. The highest BCUT2D eigenvalue weighted by Crippen LogP contribution is 2.13. The van der Waals surface area contributed by atoms with Crippen molar-refractivity contribution < 1.29 is 10.4 Å². The van der Waals surface area contributed by atoms with E-state index in [9.17, 15) is 9.59 Å². The Labute approximate surface area is 106 Å². The summed E-state index contributed by atoms with van der Waals surface area (Å²) >= 11 is 0. The molecule has 1 rings (SSSR count). The minimum atomic E-state index is -0.726. The molecule has 0 radical (unpaired) electrons. The van der Waals surface area contributed by atoms with Crippen LogP contribution in [0.3, 0.4) is 0 Å². The number of anilines is 1. The highest BCUT2D eigenvalue weighted by atomic mass is 16.4. The fourth-order valence-corrected chi connectivity index (χ4v) is 1.29. The second kappa shape index (κ2) is 5.62. The third kappa shape index (κ3) is 2.68. The molecular formula is C9H12N6O4. The van der Waals surface area contributed by atoms with E-state index in [2.05, 4.69) is 15.3 Å². The molecule has 10 nitrogen and oxygen atoms in total. The van der Waals surface area contributed by atoms with Gasteiger partial charge in [0, 0.05) is 14.1 Å². The van der Waals surface area contributed by atoms with Gasteiger partial charge in [-0.2, -0.15) is 0 Å². The van der Waals surface area contributed by atoms with Crippen molar-refractivity contribution in [1.29, 1.82) is 0 Å². The molecule has 0 atom stereocenters. The van der Waals surface area contributed by atoms with Crippen molar-refractivity contribution in [2.24, 2.45) is 29.4 Å². The van der Waals surface area contributed by atoms with Crippen molar-refractivity contribution in [3.63, 3.8) is 0 Å². The molecule has 0 spiro atoms. The number of nitrogen functional groups attached to an aromatic ring is 1. The number of hydrogen-bond donors (Lipinski definition) is 3. The second-order valence-electron chi connectivity index (χ2n) is 3.47. The summed E-state index contributed by atoms with van der Waals surface area (Å²) in [5, 5.41) is 22.2. The van der Waals surface area contributed by atoms with E-state index in [4.69, 9.17) is 16.1 Å². The number of rotatable bonds is 3. The molecule has 1 aromatic heterocycles. The van der Waals surface area contributed by atoms with E-state index in [1.54, 1.807) is 0 Å². The molecule has 10 heteroatoms. The van der Waals surface area contributed by atoms with Gasteiger partial charge in [0.25, 0.3) is 5.56 Å². The Morgan fingerprint density at radius 3 is 2.16 bits per heavy atom. The van der Waals surface area contributed by atoms with Crippen molar-refractivity contribution in [3.8, 4) is 0 Å². The zero-order chi connectivity index (χ0) is 14.6. The Balaban J connectivity index is 3.65. The topological polar surface area (TPSA) is 148 Å². The maximum absolute atomic E-state index is 11.9. The van der Waals surface area contributed by atoms with Gasteiger partial charge < -0.3 is 16.1 Å². The quantitative estimate of drug-likeness (QED) is 0.352. The number of nitrogens with two attached hydrogens (primary N) is 1. The van der Waals surface area contributed by atoms with Gasteiger partial charge in [-0.1, -0.05) is 10.3 Å². The van der Waals surface area contributed by atoms with Crippen molar-refractivity contribution >= 4 is 29.6 Å². The van der Waals surface area contributed by atoms with Crippen LogP contribution in [-0.2, 0) is 14.1 Å². The molecule has 0 aliphatic heterocycles. The van der Waals surface area contributed by atoms with Crippen LogP contribution in [0.4, 0.5) is 11.5 Å². The first kappa shape index (κ1) is 14.2. The Morgan fingerprint density at radius 1 is 1.16 bits per heavy atom. The van der Waals surface area contributed by atoms with E-state index < -0.39 is 11.2 Å². The van der Waals surface area contributed by atoms with E-state index in [1.165, 1.54) is 14.1 Å². The van der Waals surface area contributed by atoms with E-state index in [-0.39, 0.29) is 17.2 Å². The summed E-state index contributed by atoms with van der Waals surface area (Å²) in [6.45, 7) is 0. The average molecular weight is 268 g/mol. The number of nitrogens with zero attached hydrogens (tertiary/aromatic N) is 5. The Hall–Kier alpha value is -2.91. The molecule has 4 N–H and O–H groups in total. The third-order valence-corrected chi connectivity index (χ3v) is 2.31. The van der Waals surface area contributed by atoms with Crippen LogP contribution in [0.2, 0.25) is 0 Å². The van der Waals surface area contributed by atoms with Crippen molar-refractivity contribution in [3.05, 3.63) is 20.8 Å². The SMILES string of the molecule is Cn1c(N)c(N=C(/C=N\O)/C=N/O)c(=O)n(C)c1=O. The Morgan fingerprint density at radius 2 is 1.68 bits per heavy atom. The van der Waals surface area contributed by atoms with Gasteiger partial charge in [0.15, 0.2) is 5.69 Å². The summed E-state index contributed by atoms with van der Waals surface area (Å²) in [5.41, 5.74) is 3.93. The molecule has 0 unspecified atom stereocenters. The molecule has 0 amide bonds. The normalized spacial score (nSPS) is 12.6. The van der Waals surface area contributed by atoms with E-state index in [1.807, 2.05) is 0 Å². The molecule has 102 valence electrons. The standard InChI is InChI=1S/C9H12N6O4/c1-14-7(10)6(8(16)15(2)9(14)17)13-5(3-11-18)4-12-19/h3-4,18-19H,10H2,1-2H3/b11-3-,12-4+,13-5?. The third-order valence-electron chi connectivity index (χ3n) is 2.31. The van der Waals surface area contributed by atoms with E-state index in [0.29, 0.717) is 0 Å². The minimum absolute atomic E-state index is 0.132. The largest absolute Gasteiger partial charge is 0.411 e. The number of aliphatic imine (C=N–C) groups is 1. The van der Waals surface area contributed by atoms with Crippen molar-refractivity contribution in [2.75, 3.05) is 5.73 Å². The number of hydrogen-bond acceptors (Lipinski definition) is 8. The Bertz CT molecular complexity index is 667. The van der Waals surface area contributed by atoms with Gasteiger partial charge in [-0.15, -0.1) is 0 Å². The molecule has 0 aliphatic carbocycles. The summed E-state index contributed by atoms with van der Waals surface area (Å²) in [6.07, 6.45) is 1.67. The summed E-state index contributed by atoms with van der Waals surface area (Å²) < 4.78 is 1.85. The zero-order valence-electron chi connectivity index (χ0n) is 10.2. The summed E-state index contributed by atoms with van der Waals surface area (Å²) in [4.78, 5) is 27.2. The summed E-state index contributed by atoms with van der Waals surface area (Å²) in [5.74, 6) is -0.164. The van der Waals surface area contributed by atoms with Crippen LogP contribution in [0.5, 0.6) is 0 Å². The first-order valence-electron chi connectivity index (χ1n) is 4.93. The lowest BCUT2D eigenvalue weighted by molar-refractivity contribution is 0.321. The van der Waals surface area contributed by atoms with Gasteiger partial charge in [0.1, 0.15) is 11.5 Å². The van der Waals surface area contributed by atoms with Gasteiger partial charge in [0.05, 0.1) is 12.4 Å². The molecule has 0 bridgehead atoms. The monoisotopic (exact) mass is 268 g/mol. The van der Waals surface area contributed by atoms with Gasteiger partial charge in [0.2, 0.25) is 0 Å². The van der Waals surface area contributed by atoms with Crippen molar-refractivity contribution in [2.45, 2.75) is 0 Å². The first-order valence-corrected chi connectivity index (χ1v) is 4.93. The lowest BCUT2D eigenvalue weighted by Crippen LogP contribution is -2.38. The molecule has 19 heavy (non-hydrogen) atoms. The van der Waals surface area contributed by atoms with Crippen LogP contribution in [0, 0.1) is 0 Å². The molecule has 0 fully saturated rings. The lowest BCUT2D eigenvalue weighted by atomic mass is 10.4. The molecule has 0 saturated carbocycles. The fourth-order valence-electron chi connectivity index (χ4n) is 1.29. The van der Waals surface area contributed by atoms with Crippen LogP contribution in [0.15, 0.2) is 24.9 Å². The van der Waals surface area contributed by atoms with Crippen LogP contribution in [0.1, 0.15) is 0 Å². The molecule has 0 aromatic carbocycles. The molecule has 0 aliphatic rings. The second-order valence-corrected chi connectivity index (χ2v) is 3.47. The summed E-state index contributed by atoms with van der Waals surface area (Å²) in [7, 11) is 2.64. The lowest BCUT2D eigenvalue weighted by Gasteiger charge is -2.08. The number of oxime groups is 2. The van der Waals surface area contributed by atoms with Gasteiger partial charge in [-0.25, -0.2) is 9.79 Å². The van der Waals surface area contributed by atoms with E-state index >= 15 is 0 Å². The summed E-state index contributed by atoms with van der Waals surface area (Å²) in [6, 6.07) is 0. The highest BCUT2D eigenvalue weighted by Gasteiger charge is 2.12. The maximum atomic E-state index is 11.9. The van der Waals surface area contributed by atoms with E-state index in [0.717, 1.165) is 21.6 Å². The molecule has 1 aromatic rings. The van der Waals surface area contributed by atoms with Gasteiger partial charge in [-0.3, -0.25) is 13.9 Å². The van der Waals surface area contributed by atoms with Crippen molar-refractivity contribution in [1.82, 2.24) is 9.13 Å². The average Bonchev–Trinajstić information content (AvgIpc) is 2.39. The molecular weight excluding hydrogens is 256 g/mol. The smallest absolute Gasteiger partial charge is 0.332 e. The molecule has 1 heterocycles. The van der Waals surface area contributed by atoms with Crippen LogP contribution in [0.25, 0.3) is 0 Å². The minimum Gasteiger partial charge on any atom is -0.411 e. The number of aromatic nitrogens is 2. The fraction of sp³-hybridized carbons (Fsp3) is 0.222. The van der Waals surface area contributed by atoms with Gasteiger partial charge >= 0.3 is 5.69 Å². The Kier molecular flexibility index (Phi) is 4.19. The van der Waals surface area contributed by atoms with Gasteiger partial charge in [-0.05, 0) is 0 Å².